The molecule has 2 aliphatic rings. The van der Waals surface area contributed by atoms with Crippen molar-refractivity contribution >= 4 is 23.1 Å². The van der Waals surface area contributed by atoms with Crippen LogP contribution in [0.3, 0.4) is 0 Å². The van der Waals surface area contributed by atoms with Crippen LogP contribution in [0.25, 0.3) is 5.57 Å². The summed E-state index contributed by atoms with van der Waals surface area (Å²) in [5.41, 5.74) is 1.29. The molecule has 0 atom stereocenters. The zero-order valence-corrected chi connectivity index (χ0v) is 19.9. The standard InChI is InChI=1S/C26H27F3N4O3/c1-2-22(34)32-14-12-18(13-15-32)26(35)33(20-6-4-3-5-7-20)16-19-9-8-17(10-11-21(19)27)24-30-31-25(36-24)23(28)29/h3-9,11,18,23H,2,10,12-16H2,1H3. The predicted octanol–water partition coefficient (Wildman–Crippen LogP) is 5.26. The normalized spacial score (nSPS) is 16.8. The van der Waals surface area contributed by atoms with E-state index >= 15 is 4.39 Å². The molecule has 0 bridgehead atoms. The number of halogens is 3. The summed E-state index contributed by atoms with van der Waals surface area (Å²) < 4.78 is 45.7. The average molecular weight is 501 g/mol. The third-order valence-corrected chi connectivity index (χ3v) is 6.36. The monoisotopic (exact) mass is 500 g/mol. The minimum atomic E-state index is -2.89. The van der Waals surface area contributed by atoms with E-state index in [0.717, 1.165) is 0 Å². The molecule has 4 rings (SSSR count). The third kappa shape index (κ3) is 5.75. The number of para-hydroxylation sites is 1. The van der Waals surface area contributed by atoms with Crippen molar-refractivity contribution < 1.29 is 27.2 Å². The fourth-order valence-corrected chi connectivity index (χ4v) is 4.31. The lowest BCUT2D eigenvalue weighted by Crippen LogP contribution is -2.45. The van der Waals surface area contributed by atoms with Crippen molar-refractivity contribution in [3.8, 4) is 0 Å². The van der Waals surface area contributed by atoms with Crippen LogP contribution in [0.2, 0.25) is 0 Å². The lowest BCUT2D eigenvalue weighted by Gasteiger charge is -2.34. The van der Waals surface area contributed by atoms with Crippen LogP contribution in [0, 0.1) is 5.92 Å². The molecule has 0 radical (unpaired) electrons. The van der Waals surface area contributed by atoms with Gasteiger partial charge in [-0.05, 0) is 37.5 Å². The molecular formula is C26H27F3N4O3. The Kier molecular flexibility index (Phi) is 8.02. The van der Waals surface area contributed by atoms with Gasteiger partial charge in [-0.3, -0.25) is 9.59 Å². The number of carbonyl (C=O) groups is 2. The van der Waals surface area contributed by atoms with Crippen molar-refractivity contribution in [2.45, 2.75) is 39.0 Å². The minimum absolute atomic E-state index is 0.0187. The van der Waals surface area contributed by atoms with Crippen LogP contribution in [0.5, 0.6) is 0 Å². The van der Waals surface area contributed by atoms with E-state index in [0.29, 0.717) is 43.6 Å². The van der Waals surface area contributed by atoms with E-state index in [1.54, 1.807) is 40.1 Å². The number of benzene rings is 1. The second kappa shape index (κ2) is 11.4. The van der Waals surface area contributed by atoms with E-state index < -0.39 is 18.1 Å². The lowest BCUT2D eigenvalue weighted by atomic mass is 9.94. The molecule has 1 aromatic carbocycles. The first-order chi connectivity index (χ1) is 17.4. The molecule has 0 N–H and O–H groups in total. The zero-order chi connectivity index (χ0) is 25.7. The van der Waals surface area contributed by atoms with Gasteiger partial charge in [0.05, 0.1) is 6.54 Å². The maximum Gasteiger partial charge on any atom is 0.314 e. The summed E-state index contributed by atoms with van der Waals surface area (Å²) >= 11 is 0. The second-order valence-electron chi connectivity index (χ2n) is 8.65. The third-order valence-electron chi connectivity index (χ3n) is 6.36. The molecule has 10 heteroatoms. The predicted molar refractivity (Wildman–Crippen MR) is 128 cm³/mol. The van der Waals surface area contributed by atoms with Gasteiger partial charge in [-0.2, -0.15) is 8.78 Å². The summed E-state index contributed by atoms with van der Waals surface area (Å²) in [6.07, 6.45) is 3.04. The molecule has 1 aliphatic heterocycles. The molecule has 1 saturated heterocycles. The van der Waals surface area contributed by atoms with E-state index in [-0.39, 0.29) is 42.2 Å². The van der Waals surface area contributed by atoms with Crippen LogP contribution < -0.4 is 4.90 Å². The number of carbonyl (C=O) groups excluding carboxylic acids is 2. The average Bonchev–Trinajstić information content (AvgIpc) is 3.33. The van der Waals surface area contributed by atoms with Gasteiger partial charge >= 0.3 is 6.43 Å². The topological polar surface area (TPSA) is 79.5 Å². The molecule has 36 heavy (non-hydrogen) atoms. The summed E-state index contributed by atoms with van der Waals surface area (Å²) in [6, 6.07) is 9.02. The Hall–Kier alpha value is -3.69. The molecule has 2 aromatic rings. The van der Waals surface area contributed by atoms with Crippen molar-refractivity contribution in [1.29, 1.82) is 0 Å². The van der Waals surface area contributed by atoms with E-state index in [9.17, 15) is 18.4 Å². The maximum absolute atomic E-state index is 15.1. The van der Waals surface area contributed by atoms with Gasteiger partial charge in [0.2, 0.25) is 17.7 Å². The Morgan fingerprint density at radius 2 is 1.86 bits per heavy atom. The Morgan fingerprint density at radius 3 is 2.50 bits per heavy atom. The number of amides is 2. The molecule has 2 heterocycles. The zero-order valence-electron chi connectivity index (χ0n) is 19.9. The first-order valence-electron chi connectivity index (χ1n) is 11.9. The first kappa shape index (κ1) is 25.4. The Balaban J connectivity index is 1.56. The second-order valence-corrected chi connectivity index (χ2v) is 8.65. The van der Waals surface area contributed by atoms with E-state index in [4.69, 9.17) is 4.42 Å². The lowest BCUT2D eigenvalue weighted by molar-refractivity contribution is -0.134. The molecule has 2 amide bonds. The number of piperidine rings is 1. The minimum Gasteiger partial charge on any atom is -0.415 e. The fraction of sp³-hybridized carbons (Fsp3) is 0.385. The van der Waals surface area contributed by atoms with Gasteiger partial charge in [0.25, 0.3) is 5.89 Å². The Bertz CT molecular complexity index is 1180. The van der Waals surface area contributed by atoms with Crippen molar-refractivity contribution in [2.24, 2.45) is 5.92 Å². The number of anilines is 1. The number of aromatic nitrogens is 2. The van der Waals surface area contributed by atoms with Gasteiger partial charge in [0.15, 0.2) is 0 Å². The van der Waals surface area contributed by atoms with Gasteiger partial charge in [-0.25, -0.2) is 4.39 Å². The van der Waals surface area contributed by atoms with Crippen molar-refractivity contribution in [3.63, 3.8) is 0 Å². The molecule has 1 aliphatic carbocycles. The molecule has 0 unspecified atom stereocenters. The Morgan fingerprint density at radius 1 is 1.14 bits per heavy atom. The smallest absolute Gasteiger partial charge is 0.314 e. The number of likely N-dealkylation sites (tertiary alicyclic amines) is 1. The van der Waals surface area contributed by atoms with Crippen LogP contribution in [0.15, 0.2) is 64.4 Å². The highest BCUT2D eigenvalue weighted by Crippen LogP contribution is 2.30. The number of hydrogen-bond donors (Lipinski definition) is 0. The molecule has 1 aromatic heterocycles. The molecule has 1 fully saturated rings. The number of rotatable bonds is 7. The van der Waals surface area contributed by atoms with Gasteiger partial charge in [-0.15, -0.1) is 10.2 Å². The largest absolute Gasteiger partial charge is 0.415 e. The van der Waals surface area contributed by atoms with Crippen LogP contribution in [0.1, 0.15) is 50.8 Å². The molecule has 7 nitrogen and oxygen atoms in total. The highest BCUT2D eigenvalue weighted by atomic mass is 19.3. The summed E-state index contributed by atoms with van der Waals surface area (Å²) in [6.45, 7) is 2.82. The summed E-state index contributed by atoms with van der Waals surface area (Å²) in [7, 11) is 0. The Labute approximate surface area is 207 Å². The number of hydrogen-bond acceptors (Lipinski definition) is 5. The molecular weight excluding hydrogens is 473 g/mol. The van der Waals surface area contributed by atoms with Crippen molar-refractivity contribution in [3.05, 3.63) is 71.7 Å². The summed E-state index contributed by atoms with van der Waals surface area (Å²) in [5, 5.41) is 6.96. The van der Waals surface area contributed by atoms with E-state index in [2.05, 4.69) is 10.2 Å². The first-order valence-corrected chi connectivity index (χ1v) is 11.9. The van der Waals surface area contributed by atoms with Gasteiger partial charge in [-0.1, -0.05) is 37.3 Å². The summed E-state index contributed by atoms with van der Waals surface area (Å²) in [4.78, 5) is 28.9. The highest BCUT2D eigenvalue weighted by Gasteiger charge is 2.31. The quantitative estimate of drug-likeness (QED) is 0.519. The van der Waals surface area contributed by atoms with Gasteiger partial charge in [0, 0.05) is 42.3 Å². The highest BCUT2D eigenvalue weighted by molar-refractivity contribution is 5.96. The van der Waals surface area contributed by atoms with Crippen LogP contribution >= 0.6 is 0 Å². The fourth-order valence-electron chi connectivity index (χ4n) is 4.31. The van der Waals surface area contributed by atoms with Gasteiger partial charge in [0.1, 0.15) is 5.83 Å². The number of nitrogens with zero attached hydrogens (tertiary/aromatic N) is 4. The number of alkyl halides is 2. The van der Waals surface area contributed by atoms with E-state index in [1.165, 1.54) is 12.2 Å². The SMILES string of the molecule is CCC(=O)N1CCC(C(=O)N(CC2=CC=C(c3nnc(C(F)F)o3)CC=C2F)c2ccccc2)CC1. The van der Waals surface area contributed by atoms with Crippen LogP contribution in [-0.4, -0.2) is 46.5 Å². The van der Waals surface area contributed by atoms with Crippen molar-refractivity contribution in [2.75, 3.05) is 24.5 Å². The molecule has 190 valence electrons. The van der Waals surface area contributed by atoms with Gasteiger partial charge < -0.3 is 14.2 Å². The van der Waals surface area contributed by atoms with Crippen LogP contribution in [-0.2, 0) is 9.59 Å². The molecule has 0 spiro atoms. The number of allylic oxidation sites excluding steroid dienone is 4. The molecule has 0 saturated carbocycles. The van der Waals surface area contributed by atoms with Crippen LogP contribution in [0.4, 0.5) is 18.9 Å². The summed E-state index contributed by atoms with van der Waals surface area (Å²) in [5.74, 6) is -1.77. The van der Waals surface area contributed by atoms with Crippen molar-refractivity contribution in [1.82, 2.24) is 15.1 Å². The maximum atomic E-state index is 15.1. The van der Waals surface area contributed by atoms with E-state index in [1.807, 2.05) is 13.0 Å².